The summed E-state index contributed by atoms with van der Waals surface area (Å²) in [6.07, 6.45) is 5.49. The molecule has 16 heavy (non-hydrogen) atoms. The monoisotopic (exact) mass is 223 g/mol. The lowest BCUT2D eigenvalue weighted by Gasteiger charge is -2.38. The third kappa shape index (κ3) is 2.30. The highest BCUT2D eigenvalue weighted by Gasteiger charge is 2.43. The molecular weight excluding hydrogens is 199 g/mol. The Morgan fingerprint density at radius 2 is 1.81 bits per heavy atom. The van der Waals surface area contributed by atoms with Gasteiger partial charge in [0.1, 0.15) is 0 Å². The maximum Gasteiger partial charge on any atom is 0.296 e. The van der Waals surface area contributed by atoms with Crippen molar-refractivity contribution in [2.75, 3.05) is 0 Å². The molecule has 2 bridgehead atoms. The van der Waals surface area contributed by atoms with E-state index in [2.05, 4.69) is 0 Å². The molecule has 2 fully saturated rings. The van der Waals surface area contributed by atoms with Crippen LogP contribution in [0.1, 0.15) is 53.4 Å². The SMILES string of the molecule is CC(C)(O)C(C)(C)O[B]C1CC2CCC1C2. The van der Waals surface area contributed by atoms with E-state index in [-0.39, 0.29) is 0 Å². The summed E-state index contributed by atoms with van der Waals surface area (Å²) in [6, 6.07) is 0. The minimum Gasteiger partial charge on any atom is -0.433 e. The van der Waals surface area contributed by atoms with Gasteiger partial charge < -0.3 is 9.76 Å². The fraction of sp³-hybridized carbons (Fsp3) is 1.00. The molecule has 2 aliphatic rings. The Bertz CT molecular complexity index is 257. The van der Waals surface area contributed by atoms with Gasteiger partial charge in [0.2, 0.25) is 0 Å². The van der Waals surface area contributed by atoms with Crippen LogP contribution in [0.2, 0.25) is 5.82 Å². The number of hydrogen-bond acceptors (Lipinski definition) is 2. The molecule has 0 spiro atoms. The molecule has 2 saturated carbocycles. The Morgan fingerprint density at radius 3 is 2.25 bits per heavy atom. The van der Waals surface area contributed by atoms with Crippen LogP contribution in [-0.2, 0) is 4.65 Å². The van der Waals surface area contributed by atoms with Crippen molar-refractivity contribution in [1.29, 1.82) is 0 Å². The van der Waals surface area contributed by atoms with E-state index < -0.39 is 11.2 Å². The third-order valence-electron chi connectivity index (χ3n) is 4.80. The zero-order valence-electron chi connectivity index (χ0n) is 11.0. The van der Waals surface area contributed by atoms with E-state index in [4.69, 9.17) is 4.65 Å². The van der Waals surface area contributed by atoms with Crippen LogP contribution in [0.25, 0.3) is 0 Å². The van der Waals surface area contributed by atoms with E-state index in [0.29, 0.717) is 5.82 Å². The molecule has 0 aromatic heterocycles. The second-order valence-electron chi connectivity index (χ2n) is 6.66. The van der Waals surface area contributed by atoms with Gasteiger partial charge in [-0.3, -0.25) is 0 Å². The zero-order chi connectivity index (χ0) is 12.0. The first kappa shape index (κ1) is 12.4. The highest BCUT2D eigenvalue weighted by atomic mass is 16.5. The quantitative estimate of drug-likeness (QED) is 0.742. The van der Waals surface area contributed by atoms with Crippen molar-refractivity contribution in [2.24, 2.45) is 11.8 Å². The second-order valence-corrected chi connectivity index (χ2v) is 6.66. The van der Waals surface area contributed by atoms with E-state index in [1.165, 1.54) is 25.7 Å². The Morgan fingerprint density at radius 1 is 1.12 bits per heavy atom. The van der Waals surface area contributed by atoms with E-state index >= 15 is 0 Å². The normalized spacial score (nSPS) is 34.4. The molecule has 0 aromatic rings. The molecular formula is C13H24BO2. The fourth-order valence-corrected chi connectivity index (χ4v) is 2.86. The summed E-state index contributed by atoms with van der Waals surface area (Å²) in [5.41, 5.74) is -1.31. The predicted molar refractivity (Wildman–Crippen MR) is 66.4 cm³/mol. The van der Waals surface area contributed by atoms with Gasteiger partial charge in [0, 0.05) is 0 Å². The van der Waals surface area contributed by atoms with E-state index in [0.717, 1.165) is 11.8 Å². The molecule has 3 heteroatoms. The summed E-state index contributed by atoms with van der Waals surface area (Å²) in [5.74, 6) is 2.42. The second kappa shape index (κ2) is 4.02. The summed E-state index contributed by atoms with van der Waals surface area (Å²) in [5, 5.41) is 10.0. The van der Waals surface area contributed by atoms with Gasteiger partial charge in [-0.1, -0.05) is 19.3 Å². The summed E-state index contributed by atoms with van der Waals surface area (Å²) in [6.45, 7) is 7.52. The Labute approximate surface area is 100 Å². The maximum absolute atomic E-state index is 10.0. The van der Waals surface area contributed by atoms with Crippen LogP contribution in [0.5, 0.6) is 0 Å². The van der Waals surface area contributed by atoms with Crippen molar-refractivity contribution in [2.45, 2.75) is 70.4 Å². The summed E-state index contributed by atoms with van der Waals surface area (Å²) < 4.78 is 5.86. The lowest BCUT2D eigenvalue weighted by atomic mass is 9.68. The number of hydrogen-bond donors (Lipinski definition) is 1. The van der Waals surface area contributed by atoms with Crippen LogP contribution in [0.4, 0.5) is 0 Å². The largest absolute Gasteiger partial charge is 0.433 e. The molecule has 2 aliphatic carbocycles. The van der Waals surface area contributed by atoms with E-state index in [1.807, 2.05) is 35.2 Å². The molecule has 3 atom stereocenters. The van der Waals surface area contributed by atoms with Crippen molar-refractivity contribution >= 4 is 7.48 Å². The first-order chi connectivity index (χ1) is 7.29. The van der Waals surface area contributed by atoms with Gasteiger partial charge in [0.05, 0.1) is 11.2 Å². The van der Waals surface area contributed by atoms with Crippen LogP contribution in [0, 0.1) is 11.8 Å². The average Bonchev–Trinajstić information content (AvgIpc) is 2.73. The molecule has 2 nitrogen and oxygen atoms in total. The molecule has 1 radical (unpaired) electrons. The molecule has 0 saturated heterocycles. The molecule has 91 valence electrons. The molecule has 0 amide bonds. The molecule has 1 N–H and O–H groups in total. The Kier molecular flexibility index (Phi) is 3.13. The molecule has 0 aromatic carbocycles. The van der Waals surface area contributed by atoms with Gasteiger partial charge in [-0.25, -0.2) is 0 Å². The van der Waals surface area contributed by atoms with Gasteiger partial charge in [0.25, 0.3) is 7.48 Å². The standard InChI is InChI=1S/C13H24BO2/c1-12(2,15)13(3,4)16-14-11-8-9-5-6-10(11)7-9/h9-11,15H,5-8H2,1-4H3. The van der Waals surface area contributed by atoms with Crippen LogP contribution in [0.15, 0.2) is 0 Å². The fourth-order valence-electron chi connectivity index (χ4n) is 2.86. The van der Waals surface area contributed by atoms with Gasteiger partial charge in [0.15, 0.2) is 0 Å². The van der Waals surface area contributed by atoms with E-state index in [9.17, 15) is 5.11 Å². The van der Waals surface area contributed by atoms with Crippen molar-refractivity contribution in [3.05, 3.63) is 0 Å². The highest BCUT2D eigenvalue weighted by molar-refractivity contribution is 6.30. The first-order valence-corrected chi connectivity index (χ1v) is 6.53. The summed E-state index contributed by atoms with van der Waals surface area (Å²) >= 11 is 0. The Balaban J connectivity index is 1.84. The minimum absolute atomic E-state index is 0.505. The first-order valence-electron chi connectivity index (χ1n) is 6.53. The lowest BCUT2D eigenvalue weighted by molar-refractivity contribution is -0.0913. The van der Waals surface area contributed by atoms with Gasteiger partial charge in [-0.05, 0) is 51.8 Å². The van der Waals surface area contributed by atoms with Crippen LogP contribution in [0.3, 0.4) is 0 Å². The molecule has 3 unspecified atom stereocenters. The van der Waals surface area contributed by atoms with Crippen molar-refractivity contribution < 1.29 is 9.76 Å². The lowest BCUT2D eigenvalue weighted by Crippen LogP contribution is -2.48. The number of fused-ring (bicyclic) bond motifs is 2. The van der Waals surface area contributed by atoms with Gasteiger partial charge in [-0.2, -0.15) is 0 Å². The summed E-state index contributed by atoms with van der Waals surface area (Å²) in [7, 11) is 2.02. The third-order valence-corrected chi connectivity index (χ3v) is 4.80. The van der Waals surface area contributed by atoms with Crippen LogP contribution in [-0.4, -0.2) is 23.8 Å². The topological polar surface area (TPSA) is 29.5 Å². The highest BCUT2D eigenvalue weighted by Crippen LogP contribution is 2.51. The van der Waals surface area contributed by atoms with Crippen LogP contribution >= 0.6 is 0 Å². The number of aliphatic hydroxyl groups is 1. The van der Waals surface area contributed by atoms with Crippen LogP contribution < -0.4 is 0 Å². The van der Waals surface area contributed by atoms with Crippen molar-refractivity contribution in [3.8, 4) is 0 Å². The average molecular weight is 223 g/mol. The summed E-state index contributed by atoms with van der Waals surface area (Å²) in [4.78, 5) is 0. The maximum atomic E-state index is 10.0. The minimum atomic E-state index is -0.804. The molecule has 0 aliphatic heterocycles. The van der Waals surface area contributed by atoms with Crippen molar-refractivity contribution in [1.82, 2.24) is 0 Å². The van der Waals surface area contributed by atoms with Gasteiger partial charge in [-0.15, -0.1) is 0 Å². The van der Waals surface area contributed by atoms with E-state index in [1.54, 1.807) is 0 Å². The Hall–Kier alpha value is -0.0151. The smallest absolute Gasteiger partial charge is 0.296 e. The van der Waals surface area contributed by atoms with Crippen molar-refractivity contribution in [3.63, 3.8) is 0 Å². The van der Waals surface area contributed by atoms with Gasteiger partial charge >= 0.3 is 0 Å². The molecule has 0 heterocycles. The predicted octanol–water partition coefficient (Wildman–Crippen LogP) is 2.78. The molecule has 2 rings (SSSR count). The number of rotatable bonds is 4. The zero-order valence-corrected chi connectivity index (χ0v) is 11.0.